The van der Waals surface area contributed by atoms with Gasteiger partial charge in [0.05, 0.1) is 33.5 Å². The highest BCUT2D eigenvalue weighted by atomic mass is 16.7. The molecule has 2 aliphatic rings. The minimum absolute atomic E-state index is 0.00565. The summed E-state index contributed by atoms with van der Waals surface area (Å²) in [6.45, 7) is 0.733. The van der Waals surface area contributed by atoms with Gasteiger partial charge in [0.1, 0.15) is 36.6 Å². The van der Waals surface area contributed by atoms with Gasteiger partial charge in [-0.05, 0) is 54.8 Å². The van der Waals surface area contributed by atoms with Crippen molar-refractivity contribution in [1.82, 2.24) is 0 Å². The average Bonchev–Trinajstić information content (AvgIpc) is 3.05. The van der Waals surface area contributed by atoms with Crippen molar-refractivity contribution in [2.45, 2.75) is 74.8 Å². The second-order valence-corrected chi connectivity index (χ2v) is 10.8. The Hall–Kier alpha value is -3.51. The van der Waals surface area contributed by atoms with E-state index < -0.39 is 74.0 Å². The molecule has 15 nitrogen and oxygen atoms in total. The molecule has 46 heavy (non-hydrogen) atoms. The molecule has 254 valence electrons. The molecule has 15 heteroatoms. The first-order chi connectivity index (χ1) is 22.0. The number of hydrogen-bond acceptors (Lipinski definition) is 15. The van der Waals surface area contributed by atoms with Crippen LogP contribution in [-0.2, 0) is 34.9 Å². The lowest BCUT2D eigenvalue weighted by Gasteiger charge is -2.46. The maximum Gasteiger partial charge on any atom is 0.331 e. The number of carbonyl (C=O) groups excluding carboxylic acids is 1. The molecule has 10 atom stereocenters. The molecule has 0 amide bonds. The number of ether oxygens (including phenoxy) is 7. The minimum atomic E-state index is -1.75. The number of aromatic hydroxyl groups is 2. The Kier molecular flexibility index (Phi) is 12.2. The number of aliphatic hydroxyl groups is 5. The number of esters is 1. The van der Waals surface area contributed by atoms with Crippen molar-refractivity contribution in [2.24, 2.45) is 0 Å². The number of aliphatic hydroxyl groups excluding tert-OH is 5. The predicted octanol–water partition coefficient (Wildman–Crippen LogP) is -0.410. The van der Waals surface area contributed by atoms with Crippen molar-refractivity contribution in [3.63, 3.8) is 0 Å². The molecule has 2 saturated heterocycles. The number of carbonyl (C=O) groups is 1. The zero-order valence-corrected chi connectivity index (χ0v) is 25.4. The summed E-state index contributed by atoms with van der Waals surface area (Å²) in [6.07, 6.45) is -12.0. The largest absolute Gasteiger partial charge is 0.504 e. The van der Waals surface area contributed by atoms with Gasteiger partial charge in [0.15, 0.2) is 41.7 Å². The smallest absolute Gasteiger partial charge is 0.331 e. The Morgan fingerprint density at radius 1 is 0.848 bits per heavy atom. The summed E-state index contributed by atoms with van der Waals surface area (Å²) >= 11 is 0. The number of hydrogen-bond donors (Lipinski definition) is 7. The van der Waals surface area contributed by atoms with E-state index in [4.69, 9.17) is 33.2 Å². The van der Waals surface area contributed by atoms with Gasteiger partial charge in [0.2, 0.25) is 0 Å². The quantitative estimate of drug-likeness (QED) is 0.114. The Balaban J connectivity index is 1.52. The van der Waals surface area contributed by atoms with E-state index in [2.05, 4.69) is 0 Å². The molecular formula is C31H40O15. The van der Waals surface area contributed by atoms with E-state index in [1.807, 2.05) is 0 Å². The summed E-state index contributed by atoms with van der Waals surface area (Å²) < 4.78 is 38.7. The molecule has 10 unspecified atom stereocenters. The molecule has 0 saturated carbocycles. The average molecular weight is 653 g/mol. The van der Waals surface area contributed by atoms with E-state index in [1.165, 1.54) is 51.5 Å². The second kappa shape index (κ2) is 15.9. The van der Waals surface area contributed by atoms with Crippen molar-refractivity contribution in [1.29, 1.82) is 0 Å². The number of benzene rings is 2. The third-order valence-electron chi connectivity index (χ3n) is 7.68. The van der Waals surface area contributed by atoms with Crippen LogP contribution in [-0.4, -0.2) is 131 Å². The highest BCUT2D eigenvalue weighted by molar-refractivity contribution is 5.87. The van der Waals surface area contributed by atoms with Crippen LogP contribution in [0.3, 0.4) is 0 Å². The van der Waals surface area contributed by atoms with E-state index in [-0.39, 0.29) is 29.6 Å². The number of methoxy groups -OCH3 is 2. The molecule has 0 bridgehead atoms. The normalized spacial score (nSPS) is 31.5. The standard InChI is InChI=1S/C31H40O15/c1-15-24(36)25(37)26(38)31(43-15)46-29-27(39)30(42-11-10-17-5-8-19(34)21(13-17)41-3)44-22(14-32)28(29)45-23(35)9-6-16-4-7-18(33)20(12-16)40-2/h4-9,12-13,15,22,24-34,36-39H,10-11,14H2,1-3H3/b9-6+. The van der Waals surface area contributed by atoms with Crippen LogP contribution < -0.4 is 9.47 Å². The van der Waals surface area contributed by atoms with Gasteiger partial charge in [-0.2, -0.15) is 0 Å². The highest BCUT2D eigenvalue weighted by Gasteiger charge is 2.52. The van der Waals surface area contributed by atoms with Crippen LogP contribution in [0, 0.1) is 0 Å². The van der Waals surface area contributed by atoms with E-state index in [1.54, 1.807) is 12.1 Å². The molecule has 2 aromatic carbocycles. The minimum Gasteiger partial charge on any atom is -0.504 e. The molecule has 0 aliphatic carbocycles. The lowest BCUT2D eigenvalue weighted by Crippen LogP contribution is -2.65. The number of phenols is 2. The fourth-order valence-electron chi connectivity index (χ4n) is 5.06. The lowest BCUT2D eigenvalue weighted by molar-refractivity contribution is -0.357. The molecule has 2 aromatic rings. The summed E-state index contributed by atoms with van der Waals surface area (Å²) in [5.41, 5.74) is 1.22. The summed E-state index contributed by atoms with van der Waals surface area (Å²) in [7, 11) is 2.78. The van der Waals surface area contributed by atoms with Crippen LogP contribution in [0.2, 0.25) is 0 Å². The van der Waals surface area contributed by atoms with Gasteiger partial charge in [0, 0.05) is 6.08 Å². The van der Waals surface area contributed by atoms with Gasteiger partial charge in [-0.3, -0.25) is 0 Å². The van der Waals surface area contributed by atoms with Crippen LogP contribution in [0.4, 0.5) is 0 Å². The summed E-state index contributed by atoms with van der Waals surface area (Å²) in [4.78, 5) is 12.9. The van der Waals surface area contributed by atoms with Crippen LogP contribution in [0.15, 0.2) is 42.5 Å². The molecule has 2 fully saturated rings. The van der Waals surface area contributed by atoms with E-state index >= 15 is 0 Å². The van der Waals surface area contributed by atoms with E-state index in [0.717, 1.165) is 11.6 Å². The molecule has 2 aliphatic heterocycles. The van der Waals surface area contributed by atoms with Gasteiger partial charge in [-0.15, -0.1) is 0 Å². The van der Waals surface area contributed by atoms with Crippen molar-refractivity contribution in [2.75, 3.05) is 27.4 Å². The highest BCUT2D eigenvalue weighted by Crippen LogP contribution is 2.32. The summed E-state index contributed by atoms with van der Waals surface area (Å²) in [5.74, 6) is -0.622. The SMILES string of the molecule is COc1cc(/C=C/C(=O)OC2C(CO)OC(OCCc3ccc(O)c(OC)c3)C(O)C2OC2OC(C)C(O)C(O)C2O)ccc1O. The Morgan fingerprint density at radius 2 is 1.52 bits per heavy atom. The Morgan fingerprint density at radius 3 is 2.20 bits per heavy atom. The third kappa shape index (κ3) is 8.25. The molecule has 2 heterocycles. The summed E-state index contributed by atoms with van der Waals surface area (Å²) in [5, 5.41) is 72.1. The molecule has 7 N–H and O–H groups in total. The lowest BCUT2D eigenvalue weighted by atomic mass is 9.97. The van der Waals surface area contributed by atoms with Gasteiger partial charge >= 0.3 is 5.97 Å². The van der Waals surface area contributed by atoms with Gasteiger partial charge in [-0.25, -0.2) is 4.79 Å². The fraction of sp³-hybridized carbons (Fsp3) is 0.516. The Labute approximate surface area is 264 Å². The first kappa shape index (κ1) is 35.3. The summed E-state index contributed by atoms with van der Waals surface area (Å²) in [6, 6.07) is 9.10. The predicted molar refractivity (Wildman–Crippen MR) is 157 cm³/mol. The fourth-order valence-corrected chi connectivity index (χ4v) is 5.06. The first-order valence-corrected chi connectivity index (χ1v) is 14.5. The molecule has 0 aromatic heterocycles. The maximum absolute atomic E-state index is 12.9. The van der Waals surface area contributed by atoms with Crippen molar-refractivity contribution >= 4 is 12.0 Å². The molecular weight excluding hydrogens is 612 g/mol. The van der Waals surface area contributed by atoms with Crippen LogP contribution >= 0.6 is 0 Å². The van der Waals surface area contributed by atoms with Crippen LogP contribution in [0.5, 0.6) is 23.0 Å². The zero-order chi connectivity index (χ0) is 33.5. The van der Waals surface area contributed by atoms with Crippen LogP contribution in [0.25, 0.3) is 6.08 Å². The monoisotopic (exact) mass is 652 g/mol. The molecule has 0 radical (unpaired) electrons. The van der Waals surface area contributed by atoms with Crippen LogP contribution in [0.1, 0.15) is 18.1 Å². The van der Waals surface area contributed by atoms with Crippen molar-refractivity contribution in [3.8, 4) is 23.0 Å². The van der Waals surface area contributed by atoms with E-state index in [9.17, 15) is 40.5 Å². The van der Waals surface area contributed by atoms with Gasteiger partial charge in [0.25, 0.3) is 0 Å². The first-order valence-electron chi connectivity index (χ1n) is 14.5. The van der Waals surface area contributed by atoms with Crippen molar-refractivity contribution in [3.05, 3.63) is 53.6 Å². The zero-order valence-electron chi connectivity index (χ0n) is 25.4. The van der Waals surface area contributed by atoms with Gasteiger partial charge in [-0.1, -0.05) is 12.1 Å². The molecule has 0 spiro atoms. The van der Waals surface area contributed by atoms with Crippen molar-refractivity contribution < 1.29 is 73.7 Å². The van der Waals surface area contributed by atoms with E-state index in [0.29, 0.717) is 12.0 Å². The third-order valence-corrected chi connectivity index (χ3v) is 7.68. The van der Waals surface area contributed by atoms with Gasteiger partial charge < -0.3 is 68.9 Å². The number of rotatable bonds is 12. The second-order valence-electron chi connectivity index (χ2n) is 10.8. The Bertz CT molecular complexity index is 1340. The topological polar surface area (TPSA) is 223 Å². The number of phenolic OH excluding ortho intramolecular Hbond substituents is 2. The maximum atomic E-state index is 12.9. The molecule has 4 rings (SSSR count).